The Bertz CT molecular complexity index is 219. The lowest BCUT2D eigenvalue weighted by molar-refractivity contribution is -0.144. The Morgan fingerprint density at radius 1 is 1.50 bits per heavy atom. The van der Waals surface area contributed by atoms with Crippen LogP contribution in [0, 0.1) is 5.92 Å². The minimum atomic E-state index is -0.806. The van der Waals surface area contributed by atoms with Gasteiger partial charge in [0.2, 0.25) is 0 Å². The third-order valence-corrected chi connectivity index (χ3v) is 2.71. The molecular formula is C12H26N2O2. The highest BCUT2D eigenvalue weighted by Gasteiger charge is 2.31. The molecule has 4 nitrogen and oxygen atoms in total. The fourth-order valence-electron chi connectivity index (χ4n) is 1.79. The molecule has 2 N–H and O–H groups in total. The lowest BCUT2D eigenvalue weighted by Crippen LogP contribution is -2.51. The molecule has 0 saturated heterocycles. The highest BCUT2D eigenvalue weighted by atomic mass is 16.4. The SMILES string of the molecule is CCNC(C)(CCN(C)CC(C)C)C(=O)O. The molecule has 0 aromatic rings. The molecule has 4 heteroatoms. The van der Waals surface area contributed by atoms with E-state index in [1.54, 1.807) is 6.92 Å². The maximum Gasteiger partial charge on any atom is 0.323 e. The van der Waals surface area contributed by atoms with Gasteiger partial charge in [0.15, 0.2) is 0 Å². The van der Waals surface area contributed by atoms with Crippen LogP contribution < -0.4 is 5.32 Å². The van der Waals surface area contributed by atoms with E-state index < -0.39 is 11.5 Å². The molecular weight excluding hydrogens is 204 g/mol. The van der Waals surface area contributed by atoms with E-state index in [2.05, 4.69) is 24.1 Å². The van der Waals surface area contributed by atoms with Crippen molar-refractivity contribution >= 4 is 5.97 Å². The lowest BCUT2D eigenvalue weighted by atomic mass is 9.97. The van der Waals surface area contributed by atoms with Crippen molar-refractivity contribution < 1.29 is 9.90 Å². The Morgan fingerprint density at radius 2 is 2.06 bits per heavy atom. The average Bonchev–Trinajstić information content (AvgIpc) is 2.14. The molecule has 1 atom stereocenters. The van der Waals surface area contributed by atoms with Gasteiger partial charge in [0.1, 0.15) is 5.54 Å². The molecule has 0 spiro atoms. The normalized spacial score (nSPS) is 15.4. The third kappa shape index (κ3) is 5.47. The number of carboxylic acid groups (broad SMARTS) is 1. The molecule has 1 unspecified atom stereocenters. The standard InChI is InChI=1S/C12H26N2O2/c1-6-13-12(4,11(15)16)7-8-14(5)9-10(2)3/h10,13H,6-9H2,1-5H3,(H,15,16). The first-order chi connectivity index (χ1) is 7.31. The molecule has 0 fully saturated rings. The number of aliphatic carboxylic acids is 1. The van der Waals surface area contributed by atoms with E-state index in [1.165, 1.54) is 0 Å². The largest absolute Gasteiger partial charge is 0.480 e. The number of nitrogens with one attached hydrogen (secondary N) is 1. The fraction of sp³-hybridized carbons (Fsp3) is 0.917. The first kappa shape index (κ1) is 15.4. The minimum absolute atomic E-state index is 0.611. The van der Waals surface area contributed by atoms with Crippen LogP contribution in [0.2, 0.25) is 0 Å². The van der Waals surface area contributed by atoms with Gasteiger partial charge in [-0.05, 0) is 32.9 Å². The van der Waals surface area contributed by atoms with Gasteiger partial charge in [0, 0.05) is 13.1 Å². The summed E-state index contributed by atoms with van der Waals surface area (Å²) in [5.74, 6) is -0.160. The molecule has 0 aliphatic rings. The smallest absolute Gasteiger partial charge is 0.323 e. The van der Waals surface area contributed by atoms with Crippen molar-refractivity contribution in [2.45, 2.75) is 39.7 Å². The fourth-order valence-corrected chi connectivity index (χ4v) is 1.79. The number of nitrogens with zero attached hydrogens (tertiary/aromatic N) is 1. The van der Waals surface area contributed by atoms with Crippen molar-refractivity contribution in [1.82, 2.24) is 10.2 Å². The lowest BCUT2D eigenvalue weighted by Gasteiger charge is -2.28. The van der Waals surface area contributed by atoms with Crippen molar-refractivity contribution in [2.24, 2.45) is 5.92 Å². The minimum Gasteiger partial charge on any atom is -0.480 e. The van der Waals surface area contributed by atoms with Gasteiger partial charge in [0.25, 0.3) is 0 Å². The van der Waals surface area contributed by atoms with Gasteiger partial charge < -0.3 is 15.3 Å². The van der Waals surface area contributed by atoms with Gasteiger partial charge in [-0.1, -0.05) is 20.8 Å². The molecule has 0 heterocycles. The van der Waals surface area contributed by atoms with E-state index >= 15 is 0 Å². The zero-order valence-electron chi connectivity index (χ0n) is 11.2. The van der Waals surface area contributed by atoms with E-state index in [0.717, 1.165) is 13.1 Å². The zero-order valence-corrected chi connectivity index (χ0v) is 11.2. The highest BCUT2D eigenvalue weighted by Crippen LogP contribution is 2.11. The first-order valence-corrected chi connectivity index (χ1v) is 5.98. The van der Waals surface area contributed by atoms with E-state index in [1.807, 2.05) is 14.0 Å². The summed E-state index contributed by atoms with van der Waals surface area (Å²) in [5, 5.41) is 12.2. The van der Waals surface area contributed by atoms with Crippen LogP contribution in [0.5, 0.6) is 0 Å². The molecule has 0 saturated carbocycles. The van der Waals surface area contributed by atoms with Gasteiger partial charge in [-0.3, -0.25) is 4.79 Å². The van der Waals surface area contributed by atoms with E-state index in [0.29, 0.717) is 18.9 Å². The van der Waals surface area contributed by atoms with Gasteiger partial charge in [-0.15, -0.1) is 0 Å². The Balaban J connectivity index is 4.17. The summed E-state index contributed by atoms with van der Waals surface area (Å²) in [6.45, 7) is 10.5. The maximum absolute atomic E-state index is 11.2. The van der Waals surface area contributed by atoms with Crippen molar-refractivity contribution in [3.05, 3.63) is 0 Å². The zero-order chi connectivity index (χ0) is 12.8. The summed E-state index contributed by atoms with van der Waals surface area (Å²) >= 11 is 0. The number of hydrogen-bond donors (Lipinski definition) is 2. The summed E-state index contributed by atoms with van der Waals surface area (Å²) in [6.07, 6.45) is 0.624. The molecule has 96 valence electrons. The van der Waals surface area contributed by atoms with Crippen LogP contribution in [0.4, 0.5) is 0 Å². The summed E-state index contributed by atoms with van der Waals surface area (Å²) < 4.78 is 0. The maximum atomic E-state index is 11.2. The summed E-state index contributed by atoms with van der Waals surface area (Å²) in [7, 11) is 2.04. The molecule has 16 heavy (non-hydrogen) atoms. The number of likely N-dealkylation sites (N-methyl/N-ethyl adjacent to an activating group) is 1. The van der Waals surface area contributed by atoms with E-state index in [-0.39, 0.29) is 0 Å². The highest BCUT2D eigenvalue weighted by molar-refractivity contribution is 5.78. The molecule has 0 bridgehead atoms. The van der Waals surface area contributed by atoms with Gasteiger partial charge in [0.05, 0.1) is 0 Å². The van der Waals surface area contributed by atoms with Crippen molar-refractivity contribution in [1.29, 1.82) is 0 Å². The van der Waals surface area contributed by atoms with Gasteiger partial charge in [-0.2, -0.15) is 0 Å². The van der Waals surface area contributed by atoms with Crippen molar-refractivity contribution in [3.63, 3.8) is 0 Å². The van der Waals surface area contributed by atoms with Crippen LogP contribution in [0.1, 0.15) is 34.1 Å². The van der Waals surface area contributed by atoms with Crippen LogP contribution in [0.15, 0.2) is 0 Å². The molecule has 0 radical (unpaired) electrons. The predicted octanol–water partition coefficient (Wildman–Crippen LogP) is 1.42. The molecule has 0 aromatic carbocycles. The average molecular weight is 230 g/mol. The van der Waals surface area contributed by atoms with Crippen LogP contribution in [0.3, 0.4) is 0 Å². The van der Waals surface area contributed by atoms with E-state index in [4.69, 9.17) is 0 Å². The Hall–Kier alpha value is -0.610. The summed E-state index contributed by atoms with van der Waals surface area (Å²) in [5.41, 5.74) is -0.806. The Kier molecular flexibility index (Phi) is 6.60. The molecule has 0 rings (SSSR count). The number of rotatable bonds is 8. The summed E-state index contributed by atoms with van der Waals surface area (Å²) in [4.78, 5) is 13.3. The summed E-state index contributed by atoms with van der Waals surface area (Å²) in [6, 6.07) is 0. The second kappa shape index (κ2) is 6.86. The van der Waals surface area contributed by atoms with Crippen LogP contribution >= 0.6 is 0 Å². The van der Waals surface area contributed by atoms with Crippen LogP contribution in [-0.2, 0) is 4.79 Å². The third-order valence-electron chi connectivity index (χ3n) is 2.71. The monoisotopic (exact) mass is 230 g/mol. The second-order valence-corrected chi connectivity index (χ2v) is 5.07. The number of carbonyl (C=O) groups is 1. The quantitative estimate of drug-likeness (QED) is 0.662. The Labute approximate surface area is 99.0 Å². The second-order valence-electron chi connectivity index (χ2n) is 5.07. The van der Waals surface area contributed by atoms with Crippen LogP contribution in [-0.4, -0.2) is 48.2 Å². The van der Waals surface area contributed by atoms with Gasteiger partial charge in [-0.25, -0.2) is 0 Å². The van der Waals surface area contributed by atoms with E-state index in [9.17, 15) is 9.90 Å². The number of carboxylic acids is 1. The molecule has 0 amide bonds. The molecule has 0 aliphatic heterocycles. The van der Waals surface area contributed by atoms with Crippen LogP contribution in [0.25, 0.3) is 0 Å². The van der Waals surface area contributed by atoms with Crippen molar-refractivity contribution in [3.8, 4) is 0 Å². The van der Waals surface area contributed by atoms with Crippen molar-refractivity contribution in [2.75, 3.05) is 26.7 Å². The van der Waals surface area contributed by atoms with Gasteiger partial charge >= 0.3 is 5.97 Å². The first-order valence-electron chi connectivity index (χ1n) is 5.98. The molecule has 0 aromatic heterocycles. The molecule has 0 aliphatic carbocycles. The Morgan fingerprint density at radius 3 is 2.44 bits per heavy atom. The topological polar surface area (TPSA) is 52.6 Å². The number of hydrogen-bond acceptors (Lipinski definition) is 3. The predicted molar refractivity (Wildman–Crippen MR) is 66.7 cm³/mol.